The standard InChI is InChI=1S/C13H13BrN2O2/c14-10-6-4-9(5-7-10)13(18)16-15-11-2-1-3-12(17)8-11/h4-7H,1-3,8H2,(H,16,18)/b15-11-. The molecule has 0 aromatic heterocycles. The Kier molecular flexibility index (Phi) is 4.25. The van der Waals surface area contributed by atoms with Crippen LogP contribution in [0.25, 0.3) is 0 Å². The van der Waals surface area contributed by atoms with Crippen molar-refractivity contribution in [2.75, 3.05) is 0 Å². The Morgan fingerprint density at radius 1 is 1.22 bits per heavy atom. The highest BCUT2D eigenvalue weighted by atomic mass is 79.9. The van der Waals surface area contributed by atoms with Crippen LogP contribution in [0.3, 0.4) is 0 Å². The summed E-state index contributed by atoms with van der Waals surface area (Å²) in [6.45, 7) is 0. The molecule has 0 radical (unpaired) electrons. The lowest BCUT2D eigenvalue weighted by molar-refractivity contribution is -0.118. The van der Waals surface area contributed by atoms with E-state index in [1.807, 2.05) is 0 Å². The number of ketones is 1. The van der Waals surface area contributed by atoms with E-state index < -0.39 is 0 Å². The van der Waals surface area contributed by atoms with Gasteiger partial charge in [-0.2, -0.15) is 5.10 Å². The van der Waals surface area contributed by atoms with E-state index in [1.165, 1.54) is 0 Å². The maximum atomic E-state index is 11.8. The van der Waals surface area contributed by atoms with Crippen LogP contribution in [0.15, 0.2) is 33.8 Å². The lowest BCUT2D eigenvalue weighted by Crippen LogP contribution is -2.22. The normalized spacial score (nSPS) is 17.8. The Hall–Kier alpha value is -1.49. The van der Waals surface area contributed by atoms with E-state index in [1.54, 1.807) is 24.3 Å². The number of nitrogens with one attached hydrogen (secondary N) is 1. The van der Waals surface area contributed by atoms with E-state index >= 15 is 0 Å². The first-order valence-corrected chi connectivity index (χ1v) is 6.57. The number of hydrazone groups is 1. The molecule has 18 heavy (non-hydrogen) atoms. The molecular formula is C13H13BrN2O2. The zero-order valence-electron chi connectivity index (χ0n) is 9.78. The molecule has 1 aromatic rings. The van der Waals surface area contributed by atoms with Crippen LogP contribution < -0.4 is 5.43 Å². The van der Waals surface area contributed by atoms with Crippen molar-refractivity contribution in [1.29, 1.82) is 0 Å². The second-order valence-electron chi connectivity index (χ2n) is 4.19. The molecule has 4 nitrogen and oxygen atoms in total. The highest BCUT2D eigenvalue weighted by Crippen LogP contribution is 2.12. The fraction of sp³-hybridized carbons (Fsp3) is 0.308. The summed E-state index contributed by atoms with van der Waals surface area (Å²) in [6.07, 6.45) is 2.60. The molecule has 0 atom stereocenters. The number of halogens is 1. The molecule has 0 heterocycles. The van der Waals surface area contributed by atoms with Crippen molar-refractivity contribution in [1.82, 2.24) is 5.43 Å². The van der Waals surface area contributed by atoms with Crippen molar-refractivity contribution in [2.24, 2.45) is 5.10 Å². The monoisotopic (exact) mass is 308 g/mol. The molecule has 94 valence electrons. The minimum absolute atomic E-state index is 0.192. The van der Waals surface area contributed by atoms with Crippen LogP contribution in [0, 0.1) is 0 Å². The summed E-state index contributed by atoms with van der Waals surface area (Å²) in [4.78, 5) is 23.0. The topological polar surface area (TPSA) is 58.5 Å². The van der Waals surface area contributed by atoms with Crippen LogP contribution in [0.1, 0.15) is 36.0 Å². The smallest absolute Gasteiger partial charge is 0.271 e. The summed E-state index contributed by atoms with van der Waals surface area (Å²) in [5, 5.41) is 4.02. The molecule has 1 amide bonds. The van der Waals surface area contributed by atoms with Crippen molar-refractivity contribution >= 4 is 33.3 Å². The molecule has 0 unspecified atom stereocenters. The van der Waals surface area contributed by atoms with Crippen LogP contribution in [-0.4, -0.2) is 17.4 Å². The molecule has 1 fully saturated rings. The molecule has 0 bridgehead atoms. The number of rotatable bonds is 2. The third-order valence-corrected chi connectivity index (χ3v) is 3.27. The van der Waals surface area contributed by atoms with Crippen molar-refractivity contribution in [3.8, 4) is 0 Å². The number of benzene rings is 1. The fourth-order valence-electron chi connectivity index (χ4n) is 1.79. The third kappa shape index (κ3) is 3.50. The van der Waals surface area contributed by atoms with Gasteiger partial charge < -0.3 is 0 Å². The highest BCUT2D eigenvalue weighted by molar-refractivity contribution is 9.10. The van der Waals surface area contributed by atoms with E-state index in [0.717, 1.165) is 23.0 Å². The van der Waals surface area contributed by atoms with Crippen LogP contribution in [-0.2, 0) is 4.79 Å². The largest absolute Gasteiger partial charge is 0.299 e. The minimum Gasteiger partial charge on any atom is -0.299 e. The van der Waals surface area contributed by atoms with Gasteiger partial charge in [-0.3, -0.25) is 9.59 Å². The molecule has 0 aliphatic heterocycles. The van der Waals surface area contributed by atoms with Gasteiger partial charge in [-0.1, -0.05) is 15.9 Å². The summed E-state index contributed by atoms with van der Waals surface area (Å²) in [5.41, 5.74) is 3.80. The van der Waals surface area contributed by atoms with Crippen molar-refractivity contribution < 1.29 is 9.59 Å². The van der Waals surface area contributed by atoms with Gasteiger partial charge in [0.25, 0.3) is 5.91 Å². The average Bonchev–Trinajstić information content (AvgIpc) is 2.37. The van der Waals surface area contributed by atoms with Crippen LogP contribution in [0.4, 0.5) is 0 Å². The first kappa shape index (κ1) is 13.0. The Bertz CT molecular complexity index is 494. The number of carbonyl (C=O) groups is 2. The summed E-state index contributed by atoms with van der Waals surface area (Å²) >= 11 is 3.31. The molecule has 0 spiro atoms. The van der Waals surface area contributed by atoms with Gasteiger partial charge in [0, 0.05) is 28.6 Å². The first-order valence-electron chi connectivity index (χ1n) is 5.78. The number of Topliss-reactive ketones (excluding diaryl/α,β-unsaturated/α-hetero) is 1. The van der Waals surface area contributed by atoms with Gasteiger partial charge in [-0.05, 0) is 37.1 Å². The number of hydrogen-bond donors (Lipinski definition) is 1. The predicted molar refractivity (Wildman–Crippen MR) is 72.5 cm³/mol. The lowest BCUT2D eigenvalue weighted by atomic mass is 9.97. The fourth-order valence-corrected chi connectivity index (χ4v) is 2.05. The maximum Gasteiger partial charge on any atom is 0.271 e. The SMILES string of the molecule is O=C1CCC/C(=N/NC(=O)c2ccc(Br)cc2)C1. The first-order chi connectivity index (χ1) is 8.65. The molecule has 5 heteroatoms. The summed E-state index contributed by atoms with van der Waals surface area (Å²) in [7, 11) is 0. The Morgan fingerprint density at radius 3 is 2.61 bits per heavy atom. The van der Waals surface area contributed by atoms with Gasteiger partial charge >= 0.3 is 0 Å². The van der Waals surface area contributed by atoms with Crippen LogP contribution >= 0.6 is 15.9 Å². The second kappa shape index (κ2) is 5.91. The second-order valence-corrected chi connectivity index (χ2v) is 5.11. The zero-order chi connectivity index (χ0) is 13.0. The van der Waals surface area contributed by atoms with E-state index in [-0.39, 0.29) is 11.7 Å². The van der Waals surface area contributed by atoms with Gasteiger partial charge in [0.2, 0.25) is 0 Å². The van der Waals surface area contributed by atoms with Crippen molar-refractivity contribution in [3.63, 3.8) is 0 Å². The predicted octanol–water partition coefficient (Wildman–Crippen LogP) is 2.68. The zero-order valence-corrected chi connectivity index (χ0v) is 11.4. The lowest BCUT2D eigenvalue weighted by Gasteiger charge is -2.11. The maximum absolute atomic E-state index is 11.8. The van der Waals surface area contributed by atoms with Crippen molar-refractivity contribution in [2.45, 2.75) is 25.7 Å². The van der Waals surface area contributed by atoms with Crippen molar-refractivity contribution in [3.05, 3.63) is 34.3 Å². The van der Waals surface area contributed by atoms with Gasteiger partial charge in [0.15, 0.2) is 0 Å². The number of amides is 1. The van der Waals surface area contributed by atoms with E-state index in [2.05, 4.69) is 26.5 Å². The minimum atomic E-state index is -0.256. The number of nitrogens with zero attached hydrogens (tertiary/aromatic N) is 1. The van der Waals surface area contributed by atoms with E-state index in [9.17, 15) is 9.59 Å². The summed E-state index contributed by atoms with van der Waals surface area (Å²) in [6, 6.07) is 7.02. The third-order valence-electron chi connectivity index (χ3n) is 2.74. The molecule has 2 rings (SSSR count). The van der Waals surface area contributed by atoms with Crippen LogP contribution in [0.5, 0.6) is 0 Å². The Labute approximate surface area is 114 Å². The highest BCUT2D eigenvalue weighted by Gasteiger charge is 2.14. The number of hydrogen-bond acceptors (Lipinski definition) is 3. The van der Waals surface area contributed by atoms with E-state index in [0.29, 0.717) is 18.4 Å². The number of carbonyl (C=O) groups excluding carboxylic acids is 2. The van der Waals surface area contributed by atoms with Gasteiger partial charge in [-0.25, -0.2) is 5.43 Å². The quantitative estimate of drug-likeness (QED) is 0.854. The van der Waals surface area contributed by atoms with Gasteiger partial charge in [0.1, 0.15) is 5.78 Å². The van der Waals surface area contributed by atoms with Gasteiger partial charge in [-0.15, -0.1) is 0 Å². The molecule has 1 saturated carbocycles. The Morgan fingerprint density at radius 2 is 1.94 bits per heavy atom. The Balaban J connectivity index is 1.97. The molecule has 1 aliphatic rings. The van der Waals surface area contributed by atoms with E-state index in [4.69, 9.17) is 0 Å². The molecule has 0 saturated heterocycles. The van der Waals surface area contributed by atoms with Gasteiger partial charge in [0.05, 0.1) is 0 Å². The summed E-state index contributed by atoms with van der Waals surface area (Å²) in [5.74, 6) is -0.0640. The average molecular weight is 309 g/mol. The molecule has 1 aliphatic carbocycles. The molecular weight excluding hydrogens is 296 g/mol. The summed E-state index contributed by atoms with van der Waals surface area (Å²) < 4.78 is 0.920. The molecule has 1 aromatic carbocycles. The molecule has 1 N–H and O–H groups in total. The van der Waals surface area contributed by atoms with Crippen LogP contribution in [0.2, 0.25) is 0 Å².